The van der Waals surface area contributed by atoms with E-state index in [-0.39, 0.29) is 18.4 Å². The van der Waals surface area contributed by atoms with Crippen LogP contribution >= 0.6 is 0 Å². The van der Waals surface area contributed by atoms with E-state index in [4.69, 9.17) is 0 Å². The third kappa shape index (κ3) is 3.23. The van der Waals surface area contributed by atoms with Crippen molar-refractivity contribution in [3.05, 3.63) is 23.9 Å². The molecule has 1 aliphatic rings. The number of amides is 1. The van der Waals surface area contributed by atoms with Gasteiger partial charge in [0.25, 0.3) is 5.91 Å². The first-order valence-corrected chi connectivity index (χ1v) is 6.65. The van der Waals surface area contributed by atoms with Gasteiger partial charge in [-0.3, -0.25) is 4.79 Å². The number of aliphatic hydroxyl groups is 1. The van der Waals surface area contributed by atoms with Gasteiger partial charge in [0.15, 0.2) is 0 Å². The number of nitrogens with zero attached hydrogens (tertiary/aromatic N) is 3. The van der Waals surface area contributed by atoms with Crippen LogP contribution < -0.4 is 4.90 Å². The zero-order valence-corrected chi connectivity index (χ0v) is 11.5. The number of pyridine rings is 1. The van der Waals surface area contributed by atoms with Crippen molar-refractivity contribution in [2.75, 3.05) is 38.7 Å². The van der Waals surface area contributed by atoms with Crippen LogP contribution in [0.1, 0.15) is 23.2 Å². The van der Waals surface area contributed by atoms with E-state index >= 15 is 0 Å². The van der Waals surface area contributed by atoms with Crippen molar-refractivity contribution < 1.29 is 9.90 Å². The fourth-order valence-electron chi connectivity index (χ4n) is 2.38. The number of aromatic nitrogens is 1. The van der Waals surface area contributed by atoms with Crippen LogP contribution in [0.25, 0.3) is 0 Å². The van der Waals surface area contributed by atoms with Gasteiger partial charge in [-0.2, -0.15) is 0 Å². The molecule has 1 N–H and O–H groups in total. The van der Waals surface area contributed by atoms with Crippen LogP contribution in [0.3, 0.4) is 0 Å². The normalized spacial score (nSPS) is 19.3. The summed E-state index contributed by atoms with van der Waals surface area (Å²) in [6.07, 6.45) is 3.62. The Labute approximate surface area is 113 Å². The third-order valence-electron chi connectivity index (χ3n) is 3.52. The molecule has 0 bridgehead atoms. The quantitative estimate of drug-likeness (QED) is 0.883. The van der Waals surface area contributed by atoms with Crippen LogP contribution in [-0.2, 0) is 0 Å². The molecule has 1 fully saturated rings. The summed E-state index contributed by atoms with van der Waals surface area (Å²) in [7, 11) is 3.80. The second-order valence-corrected chi connectivity index (χ2v) is 5.24. The van der Waals surface area contributed by atoms with Crippen LogP contribution in [0, 0.1) is 5.92 Å². The van der Waals surface area contributed by atoms with Gasteiger partial charge in [0.2, 0.25) is 0 Å². The zero-order valence-electron chi connectivity index (χ0n) is 11.5. The summed E-state index contributed by atoms with van der Waals surface area (Å²) in [6.45, 7) is 1.58. The largest absolute Gasteiger partial charge is 0.396 e. The summed E-state index contributed by atoms with van der Waals surface area (Å²) in [5.74, 6) is 1.03. The summed E-state index contributed by atoms with van der Waals surface area (Å²) in [5.41, 5.74) is 0.664. The van der Waals surface area contributed by atoms with E-state index in [2.05, 4.69) is 4.98 Å². The second-order valence-electron chi connectivity index (χ2n) is 5.24. The minimum Gasteiger partial charge on any atom is -0.396 e. The van der Waals surface area contributed by atoms with E-state index in [9.17, 15) is 9.90 Å². The smallest absolute Gasteiger partial charge is 0.254 e. The van der Waals surface area contributed by atoms with Crippen molar-refractivity contribution in [2.24, 2.45) is 5.92 Å². The Bertz CT molecular complexity index is 448. The molecule has 1 aromatic heterocycles. The number of hydrogen-bond acceptors (Lipinski definition) is 4. The van der Waals surface area contributed by atoms with Gasteiger partial charge in [0, 0.05) is 45.6 Å². The van der Waals surface area contributed by atoms with Gasteiger partial charge < -0.3 is 14.9 Å². The van der Waals surface area contributed by atoms with Gasteiger partial charge in [-0.25, -0.2) is 4.98 Å². The van der Waals surface area contributed by atoms with Crippen molar-refractivity contribution in [3.8, 4) is 0 Å². The molecule has 0 aromatic carbocycles. The fourth-order valence-corrected chi connectivity index (χ4v) is 2.38. The van der Waals surface area contributed by atoms with Gasteiger partial charge in [-0.05, 0) is 30.9 Å². The van der Waals surface area contributed by atoms with Crippen molar-refractivity contribution in [3.63, 3.8) is 0 Å². The topological polar surface area (TPSA) is 56.7 Å². The Kier molecular flexibility index (Phi) is 4.37. The molecule has 1 aromatic rings. The van der Waals surface area contributed by atoms with E-state index in [1.165, 1.54) is 0 Å². The lowest BCUT2D eigenvalue weighted by atomic mass is 9.98. The molecule has 1 saturated heterocycles. The summed E-state index contributed by atoms with van der Waals surface area (Å²) in [6, 6.07) is 3.56. The Morgan fingerprint density at radius 1 is 1.58 bits per heavy atom. The zero-order chi connectivity index (χ0) is 13.8. The van der Waals surface area contributed by atoms with Crippen molar-refractivity contribution in [1.29, 1.82) is 0 Å². The van der Waals surface area contributed by atoms with Crippen molar-refractivity contribution in [2.45, 2.75) is 12.8 Å². The van der Waals surface area contributed by atoms with Gasteiger partial charge in [0.1, 0.15) is 5.82 Å². The first kappa shape index (κ1) is 13.8. The third-order valence-corrected chi connectivity index (χ3v) is 3.52. The van der Waals surface area contributed by atoms with Gasteiger partial charge in [-0.15, -0.1) is 0 Å². The molecule has 2 rings (SSSR count). The summed E-state index contributed by atoms with van der Waals surface area (Å²) in [4.78, 5) is 20.4. The molecule has 0 saturated carbocycles. The Morgan fingerprint density at radius 3 is 3.05 bits per heavy atom. The van der Waals surface area contributed by atoms with Crippen LogP contribution in [0.5, 0.6) is 0 Å². The maximum absolute atomic E-state index is 12.4. The molecular weight excluding hydrogens is 242 g/mol. The van der Waals surface area contributed by atoms with Gasteiger partial charge in [-0.1, -0.05) is 0 Å². The fraction of sp³-hybridized carbons (Fsp3) is 0.571. The molecule has 104 valence electrons. The number of anilines is 1. The molecule has 0 radical (unpaired) electrons. The Balaban J connectivity index is 2.12. The predicted octanol–water partition coefficient (Wildman–Crippen LogP) is 0.992. The second kappa shape index (κ2) is 6.02. The molecule has 5 heteroatoms. The standard InChI is InChI=1S/C14H21N3O2/c1-16(2)13-8-12(5-6-15-13)14(19)17-7-3-4-11(9-17)10-18/h5-6,8,11,18H,3-4,7,9-10H2,1-2H3. The summed E-state index contributed by atoms with van der Waals surface area (Å²) in [5, 5.41) is 9.22. The monoisotopic (exact) mass is 263 g/mol. The minimum atomic E-state index is 0.0312. The number of carbonyl (C=O) groups is 1. The van der Waals surface area contributed by atoms with Crippen LogP contribution in [0.4, 0.5) is 5.82 Å². The highest BCUT2D eigenvalue weighted by Gasteiger charge is 2.24. The molecule has 0 spiro atoms. The van der Waals surface area contributed by atoms with E-state index < -0.39 is 0 Å². The van der Waals surface area contributed by atoms with E-state index in [0.29, 0.717) is 12.1 Å². The highest BCUT2D eigenvalue weighted by atomic mass is 16.3. The lowest BCUT2D eigenvalue weighted by Crippen LogP contribution is -2.41. The molecule has 1 unspecified atom stereocenters. The number of carbonyl (C=O) groups excluding carboxylic acids is 1. The van der Waals surface area contributed by atoms with Crippen LogP contribution in [-0.4, -0.2) is 54.7 Å². The molecule has 1 amide bonds. The van der Waals surface area contributed by atoms with Crippen LogP contribution in [0.2, 0.25) is 0 Å². The van der Waals surface area contributed by atoms with Crippen molar-refractivity contribution in [1.82, 2.24) is 9.88 Å². The van der Waals surface area contributed by atoms with Gasteiger partial charge >= 0.3 is 0 Å². The molecule has 0 aliphatic carbocycles. The number of likely N-dealkylation sites (tertiary alicyclic amines) is 1. The lowest BCUT2D eigenvalue weighted by molar-refractivity contribution is 0.0620. The molecule has 1 aliphatic heterocycles. The summed E-state index contributed by atoms with van der Waals surface area (Å²) >= 11 is 0. The maximum atomic E-state index is 12.4. The van der Waals surface area contributed by atoms with E-state index in [0.717, 1.165) is 25.2 Å². The molecule has 1 atom stereocenters. The van der Waals surface area contributed by atoms with E-state index in [1.54, 1.807) is 12.3 Å². The number of hydrogen-bond donors (Lipinski definition) is 1. The van der Waals surface area contributed by atoms with Crippen molar-refractivity contribution >= 4 is 11.7 Å². The van der Waals surface area contributed by atoms with Crippen LogP contribution in [0.15, 0.2) is 18.3 Å². The average Bonchev–Trinajstić information content (AvgIpc) is 2.46. The predicted molar refractivity (Wildman–Crippen MR) is 74.3 cm³/mol. The molecular formula is C14H21N3O2. The van der Waals surface area contributed by atoms with E-state index in [1.807, 2.05) is 30.0 Å². The number of piperidine rings is 1. The minimum absolute atomic E-state index is 0.0312. The number of rotatable bonds is 3. The maximum Gasteiger partial charge on any atom is 0.254 e. The van der Waals surface area contributed by atoms with Gasteiger partial charge in [0.05, 0.1) is 0 Å². The Hall–Kier alpha value is -1.62. The average molecular weight is 263 g/mol. The first-order valence-electron chi connectivity index (χ1n) is 6.65. The molecule has 2 heterocycles. The first-order chi connectivity index (χ1) is 9.11. The molecule has 19 heavy (non-hydrogen) atoms. The molecule has 5 nitrogen and oxygen atoms in total. The summed E-state index contributed by atoms with van der Waals surface area (Å²) < 4.78 is 0. The highest BCUT2D eigenvalue weighted by molar-refractivity contribution is 5.94. The number of aliphatic hydroxyl groups excluding tert-OH is 1. The SMILES string of the molecule is CN(C)c1cc(C(=O)N2CCCC(CO)C2)ccn1. The highest BCUT2D eigenvalue weighted by Crippen LogP contribution is 2.19. The lowest BCUT2D eigenvalue weighted by Gasteiger charge is -2.32. The Morgan fingerprint density at radius 2 is 2.37 bits per heavy atom.